The molecule has 2 rings (SSSR count). The van der Waals surface area contributed by atoms with Crippen molar-refractivity contribution in [3.8, 4) is 28.7 Å². The second kappa shape index (κ2) is 15.3. The maximum Gasteiger partial charge on any atom is 1.00 e. The Labute approximate surface area is 224 Å². The molecular formula is C27H39LiO6P+. The van der Waals surface area contributed by atoms with Gasteiger partial charge in [0, 0.05) is 12.1 Å². The van der Waals surface area contributed by atoms with E-state index in [2.05, 4.69) is 20.8 Å². The number of hydrogen-bond acceptors (Lipinski definition) is 6. The van der Waals surface area contributed by atoms with Gasteiger partial charge in [0.15, 0.2) is 5.52 Å². The third kappa shape index (κ3) is 8.64. The third-order valence-corrected chi connectivity index (χ3v) is 6.87. The second-order valence-electron chi connectivity index (χ2n) is 8.30. The number of ether oxygens (including phenoxy) is 5. The minimum absolute atomic E-state index is 0. The van der Waals surface area contributed by atoms with Crippen molar-refractivity contribution in [1.29, 1.82) is 0 Å². The maximum atomic E-state index is 13.6. The number of carbonyl (C=O) groups is 1. The van der Waals surface area contributed by atoms with Crippen molar-refractivity contribution in [2.24, 2.45) is 0 Å². The predicted octanol–water partition coefficient (Wildman–Crippen LogP) is 3.38. The summed E-state index contributed by atoms with van der Waals surface area (Å²) in [5, 5.41) is 0.718. The number of benzene rings is 2. The Morgan fingerprint density at radius 1 is 0.771 bits per heavy atom. The Morgan fingerprint density at radius 3 is 1.60 bits per heavy atom. The zero-order valence-electron chi connectivity index (χ0n) is 22.7. The molecule has 2 aromatic rings. The van der Waals surface area contributed by atoms with Crippen LogP contribution in [0.25, 0.3) is 0 Å². The summed E-state index contributed by atoms with van der Waals surface area (Å²) in [6.45, 7) is 12.2. The van der Waals surface area contributed by atoms with Crippen LogP contribution in [-0.4, -0.2) is 38.1 Å². The van der Waals surface area contributed by atoms with Crippen molar-refractivity contribution in [1.82, 2.24) is 0 Å². The fourth-order valence-electron chi connectivity index (χ4n) is 3.11. The van der Waals surface area contributed by atoms with Gasteiger partial charge in [-0.2, -0.15) is 0 Å². The quantitative estimate of drug-likeness (QED) is 0.295. The molecule has 0 spiro atoms. The van der Waals surface area contributed by atoms with Crippen molar-refractivity contribution in [3.05, 3.63) is 35.9 Å². The molecule has 188 valence electrons. The predicted molar refractivity (Wildman–Crippen MR) is 139 cm³/mol. The smallest absolute Gasteiger partial charge is 0.496 e. The Kier molecular flexibility index (Phi) is 13.6. The van der Waals surface area contributed by atoms with Crippen molar-refractivity contribution in [3.63, 3.8) is 0 Å². The van der Waals surface area contributed by atoms with Gasteiger partial charge in [0.25, 0.3) is 0 Å². The molecule has 0 N–H and O–H groups in total. The summed E-state index contributed by atoms with van der Waals surface area (Å²) >= 11 is 0. The molecule has 0 aromatic heterocycles. The van der Waals surface area contributed by atoms with Crippen molar-refractivity contribution in [2.75, 3.05) is 14.2 Å². The van der Waals surface area contributed by atoms with Gasteiger partial charge in [0.1, 0.15) is 34.3 Å². The van der Waals surface area contributed by atoms with Crippen LogP contribution in [-0.2, 0) is 0 Å². The van der Waals surface area contributed by atoms with Gasteiger partial charge in [0.05, 0.1) is 37.8 Å². The zero-order chi connectivity index (χ0) is 25.3. The van der Waals surface area contributed by atoms with Crippen LogP contribution in [0.5, 0.6) is 28.7 Å². The topological polar surface area (TPSA) is 63.2 Å². The first kappa shape index (κ1) is 31.2. The van der Waals surface area contributed by atoms with Crippen LogP contribution in [0.15, 0.2) is 30.3 Å². The number of carbonyl (C=O) groups excluding carboxylic acids is 1. The zero-order valence-corrected chi connectivity index (χ0v) is 23.7. The molecule has 0 fully saturated rings. The first-order valence-corrected chi connectivity index (χ1v) is 13.0. The summed E-state index contributed by atoms with van der Waals surface area (Å²) in [7, 11) is 2.83. The molecule has 2 aromatic carbocycles. The van der Waals surface area contributed by atoms with Gasteiger partial charge in [0.2, 0.25) is 0 Å². The molecule has 0 amide bonds. The molecule has 0 aliphatic carbocycles. The van der Waals surface area contributed by atoms with Gasteiger partial charge in [-0.25, -0.2) is 0 Å². The van der Waals surface area contributed by atoms with Crippen LogP contribution in [0.2, 0.25) is 0 Å². The molecule has 0 saturated heterocycles. The van der Waals surface area contributed by atoms with E-state index in [1.165, 1.54) is 0 Å². The monoisotopic (exact) mass is 497 g/mol. The molecule has 4 atom stereocenters. The summed E-state index contributed by atoms with van der Waals surface area (Å²) in [5.74, 6) is 2.83. The summed E-state index contributed by atoms with van der Waals surface area (Å²) in [6, 6.07) is 9.06. The average Bonchev–Trinajstić information content (AvgIpc) is 2.84. The van der Waals surface area contributed by atoms with Crippen LogP contribution in [0.1, 0.15) is 71.2 Å². The normalized spacial score (nSPS) is 13.5. The molecule has 0 aliphatic rings. The van der Waals surface area contributed by atoms with Gasteiger partial charge >= 0.3 is 18.9 Å². The molecule has 0 radical (unpaired) electrons. The van der Waals surface area contributed by atoms with Crippen LogP contribution in [0.3, 0.4) is 0 Å². The molecule has 4 unspecified atom stereocenters. The molecule has 0 bridgehead atoms. The SMILES string of the molecule is CCC(C)Oc1cc(OC(C)CC)c(PC(=O)c2c(OC)cccc2OC)c(OC(C)CC)c1.[Li+]. The van der Waals surface area contributed by atoms with E-state index in [-0.39, 0.29) is 51.3 Å². The van der Waals surface area contributed by atoms with E-state index in [0.717, 1.165) is 24.6 Å². The molecule has 6 nitrogen and oxygen atoms in total. The summed E-state index contributed by atoms with van der Waals surface area (Å²) < 4.78 is 29.6. The summed E-state index contributed by atoms with van der Waals surface area (Å²) in [6.07, 6.45) is 2.51. The third-order valence-electron chi connectivity index (χ3n) is 5.65. The van der Waals surface area contributed by atoms with Crippen LogP contribution < -0.4 is 47.8 Å². The first-order chi connectivity index (χ1) is 16.3. The van der Waals surface area contributed by atoms with Gasteiger partial charge in [-0.1, -0.05) is 26.8 Å². The number of hydrogen-bond donors (Lipinski definition) is 0. The Hall–Kier alpha value is -1.86. The molecule has 8 heteroatoms. The molecule has 0 saturated carbocycles. The van der Waals surface area contributed by atoms with Gasteiger partial charge in [-0.15, -0.1) is 0 Å². The Morgan fingerprint density at radius 2 is 1.20 bits per heavy atom. The molecule has 0 heterocycles. The van der Waals surface area contributed by atoms with E-state index in [0.29, 0.717) is 34.3 Å². The van der Waals surface area contributed by atoms with E-state index >= 15 is 0 Å². The van der Waals surface area contributed by atoms with E-state index in [4.69, 9.17) is 23.7 Å². The van der Waals surface area contributed by atoms with Crippen LogP contribution in [0.4, 0.5) is 0 Å². The van der Waals surface area contributed by atoms with E-state index < -0.39 is 0 Å². The molecule has 0 aliphatic heterocycles. The average molecular weight is 498 g/mol. The summed E-state index contributed by atoms with van der Waals surface area (Å²) in [4.78, 5) is 13.6. The van der Waals surface area contributed by atoms with Gasteiger partial charge in [-0.3, -0.25) is 4.79 Å². The van der Waals surface area contributed by atoms with Crippen LogP contribution >= 0.6 is 8.58 Å². The van der Waals surface area contributed by atoms with Gasteiger partial charge in [-0.05, 0) is 60.7 Å². The van der Waals surface area contributed by atoms with Crippen molar-refractivity contribution < 1.29 is 47.3 Å². The van der Waals surface area contributed by atoms with Crippen LogP contribution in [0, 0.1) is 0 Å². The van der Waals surface area contributed by atoms with E-state index in [9.17, 15) is 4.79 Å². The first-order valence-electron chi connectivity index (χ1n) is 12.0. The van der Waals surface area contributed by atoms with Crippen molar-refractivity contribution in [2.45, 2.75) is 79.1 Å². The van der Waals surface area contributed by atoms with E-state index in [1.54, 1.807) is 32.4 Å². The summed E-state index contributed by atoms with van der Waals surface area (Å²) in [5.41, 5.74) is 0.294. The number of methoxy groups -OCH3 is 2. The van der Waals surface area contributed by atoms with Crippen molar-refractivity contribution >= 4 is 19.4 Å². The Balaban J connectivity index is 0.00000612. The molecular weight excluding hydrogens is 458 g/mol. The van der Waals surface area contributed by atoms with Gasteiger partial charge < -0.3 is 23.7 Å². The minimum atomic E-state index is -0.258. The fraction of sp³-hybridized carbons (Fsp3) is 0.519. The Bertz CT molecular complexity index is 896. The molecule has 35 heavy (non-hydrogen) atoms. The fourth-order valence-corrected chi connectivity index (χ4v) is 4.22. The minimum Gasteiger partial charge on any atom is -0.496 e. The van der Waals surface area contributed by atoms with E-state index in [1.807, 2.05) is 32.9 Å². The maximum absolute atomic E-state index is 13.6. The number of rotatable bonds is 14. The standard InChI is InChI=1S/C27H39O6P.Li/c1-9-17(4)31-20-15-23(32-18(5)10-2)26(24(16-20)33-19(6)11-3)34-27(28)25-21(29-7)13-12-14-22(25)30-8;/h12-19,34H,9-11H2,1-8H3;/q;+1. The second-order valence-corrected chi connectivity index (χ2v) is 9.50. The largest absolute Gasteiger partial charge is 1.00 e.